The number of carboxylic acid groups (broad SMARTS) is 1. The number of para-hydroxylation sites is 1. The lowest BCUT2D eigenvalue weighted by atomic mass is 10.2. The van der Waals surface area contributed by atoms with Crippen molar-refractivity contribution in [1.29, 1.82) is 0 Å². The molecule has 0 aliphatic heterocycles. The summed E-state index contributed by atoms with van der Waals surface area (Å²) in [4.78, 5) is 21.2. The molecule has 0 aliphatic carbocycles. The third-order valence-corrected chi connectivity index (χ3v) is 3.17. The van der Waals surface area contributed by atoms with Crippen LogP contribution in [0.15, 0.2) is 34.7 Å². The standard InChI is InChI=1S/C12H10O4S/c13-7-17-11(12(14)15)6-9-5-8-3-1-2-4-10(8)16-9/h1-5,7,11H,6H2,(H,14,15)/t11-/m1/s1. The van der Waals surface area contributed by atoms with Gasteiger partial charge in [-0.1, -0.05) is 30.0 Å². The van der Waals surface area contributed by atoms with Crippen molar-refractivity contribution < 1.29 is 19.1 Å². The summed E-state index contributed by atoms with van der Waals surface area (Å²) in [6.45, 7) is 0. The van der Waals surface area contributed by atoms with Crippen LogP contribution in [0, 0.1) is 0 Å². The summed E-state index contributed by atoms with van der Waals surface area (Å²) >= 11 is 0.749. The Labute approximate surface area is 102 Å². The average Bonchev–Trinajstić information content (AvgIpc) is 2.70. The fourth-order valence-electron chi connectivity index (χ4n) is 1.58. The number of aliphatic carboxylic acids is 1. The predicted molar refractivity (Wildman–Crippen MR) is 65.7 cm³/mol. The molecule has 1 aromatic heterocycles. The van der Waals surface area contributed by atoms with Gasteiger partial charge in [-0.2, -0.15) is 0 Å². The molecule has 1 aromatic carbocycles. The highest BCUT2D eigenvalue weighted by molar-refractivity contribution is 8.12. The van der Waals surface area contributed by atoms with Crippen LogP contribution in [-0.4, -0.2) is 21.9 Å². The molecule has 5 heteroatoms. The van der Waals surface area contributed by atoms with Crippen molar-refractivity contribution >= 4 is 34.3 Å². The molecule has 0 amide bonds. The first kappa shape index (κ1) is 11.7. The first-order valence-electron chi connectivity index (χ1n) is 5.00. The molecule has 2 aromatic rings. The third kappa shape index (κ3) is 2.68. The Hall–Kier alpha value is -1.75. The van der Waals surface area contributed by atoms with E-state index in [9.17, 15) is 9.59 Å². The highest BCUT2D eigenvalue weighted by Gasteiger charge is 2.20. The average molecular weight is 250 g/mol. The van der Waals surface area contributed by atoms with Crippen molar-refractivity contribution in [3.63, 3.8) is 0 Å². The van der Waals surface area contributed by atoms with Gasteiger partial charge < -0.3 is 9.52 Å². The Kier molecular flexibility index (Phi) is 3.49. The second-order valence-corrected chi connectivity index (χ2v) is 4.55. The van der Waals surface area contributed by atoms with Crippen LogP contribution < -0.4 is 0 Å². The van der Waals surface area contributed by atoms with Crippen LogP contribution >= 0.6 is 11.8 Å². The lowest BCUT2D eigenvalue weighted by Gasteiger charge is -2.04. The Bertz CT molecular complexity index is 513. The van der Waals surface area contributed by atoms with Crippen molar-refractivity contribution in [2.45, 2.75) is 11.7 Å². The normalized spacial score (nSPS) is 12.5. The summed E-state index contributed by atoms with van der Waals surface area (Å²) in [5.74, 6) is -0.435. The summed E-state index contributed by atoms with van der Waals surface area (Å²) in [5, 5.41) is 9.05. The van der Waals surface area contributed by atoms with Gasteiger partial charge in [0, 0.05) is 11.8 Å². The monoisotopic (exact) mass is 250 g/mol. The first-order valence-corrected chi connectivity index (χ1v) is 5.94. The van der Waals surface area contributed by atoms with Gasteiger partial charge in [-0.15, -0.1) is 0 Å². The van der Waals surface area contributed by atoms with Gasteiger partial charge in [0.25, 0.3) is 0 Å². The smallest absolute Gasteiger partial charge is 0.317 e. The number of hydrogen-bond donors (Lipinski definition) is 1. The van der Waals surface area contributed by atoms with Gasteiger partial charge in [0.2, 0.25) is 0 Å². The molecule has 0 spiro atoms. The van der Waals surface area contributed by atoms with E-state index in [2.05, 4.69) is 0 Å². The predicted octanol–water partition coefficient (Wildman–Crippen LogP) is 2.35. The maximum absolute atomic E-state index is 10.9. The molecule has 0 saturated carbocycles. The van der Waals surface area contributed by atoms with E-state index in [0.717, 1.165) is 22.7 Å². The van der Waals surface area contributed by atoms with Gasteiger partial charge in [-0.05, 0) is 12.1 Å². The molecule has 0 unspecified atom stereocenters. The van der Waals surface area contributed by atoms with Crippen LogP contribution in [0.25, 0.3) is 11.0 Å². The Morgan fingerprint density at radius 2 is 2.24 bits per heavy atom. The highest BCUT2D eigenvalue weighted by atomic mass is 32.2. The fraction of sp³-hybridized carbons (Fsp3) is 0.167. The van der Waals surface area contributed by atoms with Crippen molar-refractivity contribution in [3.8, 4) is 0 Å². The molecular weight excluding hydrogens is 240 g/mol. The van der Waals surface area contributed by atoms with Crippen molar-refractivity contribution in [2.75, 3.05) is 0 Å². The maximum atomic E-state index is 10.9. The quantitative estimate of drug-likeness (QED) is 0.825. The third-order valence-electron chi connectivity index (χ3n) is 2.36. The molecule has 1 atom stereocenters. The van der Waals surface area contributed by atoms with Crippen LogP contribution in [0.1, 0.15) is 5.76 Å². The molecule has 17 heavy (non-hydrogen) atoms. The number of carboxylic acids is 1. The van der Waals surface area contributed by atoms with E-state index in [1.54, 1.807) is 6.07 Å². The summed E-state index contributed by atoms with van der Waals surface area (Å²) in [5.41, 5.74) is 1.27. The zero-order valence-electron chi connectivity index (χ0n) is 8.83. The van der Waals surface area contributed by atoms with Crippen LogP contribution in [0.2, 0.25) is 0 Å². The minimum atomic E-state index is -1.01. The summed E-state index contributed by atoms with van der Waals surface area (Å²) < 4.78 is 5.50. The van der Waals surface area contributed by atoms with Gasteiger partial charge in [0.05, 0.1) is 0 Å². The van der Waals surface area contributed by atoms with E-state index >= 15 is 0 Å². The molecule has 1 heterocycles. The molecule has 88 valence electrons. The highest BCUT2D eigenvalue weighted by Crippen LogP contribution is 2.22. The fourth-order valence-corrected chi connectivity index (χ4v) is 2.09. The second kappa shape index (κ2) is 5.05. The lowest BCUT2D eigenvalue weighted by Crippen LogP contribution is -2.18. The largest absolute Gasteiger partial charge is 0.480 e. The number of hydrogen-bond acceptors (Lipinski definition) is 4. The van der Waals surface area contributed by atoms with E-state index in [1.807, 2.05) is 24.3 Å². The number of fused-ring (bicyclic) bond motifs is 1. The van der Waals surface area contributed by atoms with Gasteiger partial charge in [-0.3, -0.25) is 9.59 Å². The van der Waals surface area contributed by atoms with E-state index in [1.165, 1.54) is 0 Å². The van der Waals surface area contributed by atoms with Gasteiger partial charge >= 0.3 is 5.97 Å². The summed E-state index contributed by atoms with van der Waals surface area (Å²) in [7, 11) is 0. The first-order chi connectivity index (χ1) is 8.20. The lowest BCUT2D eigenvalue weighted by molar-refractivity contribution is -0.136. The number of carbonyl (C=O) groups excluding carboxylic acids is 1. The second-order valence-electron chi connectivity index (χ2n) is 3.51. The zero-order chi connectivity index (χ0) is 12.3. The van der Waals surface area contributed by atoms with Gasteiger partial charge in [-0.25, -0.2) is 0 Å². The minimum Gasteiger partial charge on any atom is -0.480 e. The molecule has 1 N–H and O–H groups in total. The van der Waals surface area contributed by atoms with Crippen LogP contribution in [-0.2, 0) is 16.0 Å². The molecule has 0 radical (unpaired) electrons. The molecule has 4 nitrogen and oxygen atoms in total. The zero-order valence-corrected chi connectivity index (χ0v) is 9.65. The van der Waals surface area contributed by atoms with E-state index < -0.39 is 11.2 Å². The van der Waals surface area contributed by atoms with Crippen LogP contribution in [0.3, 0.4) is 0 Å². The summed E-state index contributed by atoms with van der Waals surface area (Å²) in [6, 6.07) is 9.25. The number of thioether (sulfide) groups is 1. The minimum absolute atomic E-state index is 0.202. The topological polar surface area (TPSA) is 67.5 Å². The molecule has 0 fully saturated rings. The SMILES string of the molecule is O=CS[C@H](Cc1cc2ccccc2o1)C(=O)O. The molecular formula is C12H10O4S. The van der Waals surface area contributed by atoms with Gasteiger partial charge in [0.15, 0.2) is 5.62 Å². The molecule has 0 aliphatic rings. The van der Waals surface area contributed by atoms with Crippen LogP contribution in [0.4, 0.5) is 0 Å². The number of furan rings is 1. The molecule has 0 saturated heterocycles. The molecule has 2 rings (SSSR count). The van der Waals surface area contributed by atoms with Gasteiger partial charge in [0.1, 0.15) is 16.6 Å². The van der Waals surface area contributed by atoms with Crippen molar-refractivity contribution in [3.05, 3.63) is 36.1 Å². The van der Waals surface area contributed by atoms with Crippen molar-refractivity contribution in [1.82, 2.24) is 0 Å². The number of carbonyl (C=O) groups is 2. The van der Waals surface area contributed by atoms with E-state index in [0.29, 0.717) is 11.4 Å². The Morgan fingerprint density at radius 3 is 2.88 bits per heavy atom. The van der Waals surface area contributed by atoms with E-state index in [-0.39, 0.29) is 6.42 Å². The number of benzene rings is 1. The van der Waals surface area contributed by atoms with Crippen LogP contribution in [0.5, 0.6) is 0 Å². The summed E-state index contributed by atoms with van der Waals surface area (Å²) in [6.07, 6.45) is 0.202. The molecule has 0 bridgehead atoms. The number of rotatable bonds is 5. The Balaban J connectivity index is 2.21. The maximum Gasteiger partial charge on any atom is 0.317 e. The van der Waals surface area contributed by atoms with Crippen molar-refractivity contribution in [2.24, 2.45) is 0 Å². The van der Waals surface area contributed by atoms with E-state index in [4.69, 9.17) is 9.52 Å². The Morgan fingerprint density at radius 1 is 1.47 bits per heavy atom.